The van der Waals surface area contributed by atoms with Crippen LogP contribution in [0.3, 0.4) is 0 Å². The number of aromatic hydroxyl groups is 1. The van der Waals surface area contributed by atoms with Gasteiger partial charge in [-0.1, -0.05) is 12.1 Å². The summed E-state index contributed by atoms with van der Waals surface area (Å²) in [6, 6.07) is 10.0. The number of hydrogen-bond donors (Lipinski definition) is 2. The molecule has 7 heteroatoms. The van der Waals surface area contributed by atoms with Gasteiger partial charge >= 0.3 is 5.97 Å². The number of pyridine rings is 1. The van der Waals surface area contributed by atoms with Gasteiger partial charge in [0.25, 0.3) is 0 Å². The minimum absolute atomic E-state index is 0.00381. The predicted octanol–water partition coefficient (Wildman–Crippen LogP) is 2.47. The van der Waals surface area contributed by atoms with Crippen molar-refractivity contribution in [2.45, 2.75) is 25.9 Å². The second-order valence-electron chi connectivity index (χ2n) is 5.97. The number of aliphatic hydroxyl groups is 1. The summed E-state index contributed by atoms with van der Waals surface area (Å²) < 4.78 is 10.5. The van der Waals surface area contributed by atoms with Gasteiger partial charge in [-0.3, -0.25) is 14.6 Å². The number of carbonyl (C=O) groups excluding carboxylic acids is 1. The average Bonchev–Trinajstić information content (AvgIpc) is 2.68. The van der Waals surface area contributed by atoms with Gasteiger partial charge in [0.15, 0.2) is 5.76 Å². The first-order valence-electron chi connectivity index (χ1n) is 8.50. The van der Waals surface area contributed by atoms with Crippen molar-refractivity contribution in [3.8, 4) is 5.75 Å². The molecule has 0 amide bonds. The topological polar surface area (TPSA) is 110 Å². The van der Waals surface area contributed by atoms with Gasteiger partial charge in [-0.15, -0.1) is 0 Å². The lowest BCUT2D eigenvalue weighted by atomic mass is 9.91. The summed E-state index contributed by atoms with van der Waals surface area (Å²) in [5.74, 6) is -1.92. The fourth-order valence-electron chi connectivity index (χ4n) is 2.93. The Balaban J connectivity index is 2.14. The molecule has 3 aromatic rings. The van der Waals surface area contributed by atoms with Gasteiger partial charge < -0.3 is 19.4 Å². The van der Waals surface area contributed by atoms with E-state index in [9.17, 15) is 19.8 Å². The molecule has 1 unspecified atom stereocenters. The number of hydrogen-bond acceptors (Lipinski definition) is 7. The molecule has 1 atom stereocenters. The van der Waals surface area contributed by atoms with Gasteiger partial charge in [0, 0.05) is 17.6 Å². The summed E-state index contributed by atoms with van der Waals surface area (Å²) in [5, 5.41) is 20.4. The summed E-state index contributed by atoms with van der Waals surface area (Å²) >= 11 is 0. The lowest BCUT2D eigenvalue weighted by molar-refractivity contribution is -0.143. The third-order valence-corrected chi connectivity index (χ3v) is 4.18. The SMILES string of the molecule is CCOC(=O)CC(c1ccc2ncccc2c1)c1oc(CO)cc(=O)c1O. The number of benzene rings is 1. The van der Waals surface area contributed by atoms with E-state index >= 15 is 0 Å². The van der Waals surface area contributed by atoms with Crippen LogP contribution in [0.25, 0.3) is 10.9 Å². The van der Waals surface area contributed by atoms with Crippen molar-refractivity contribution < 1.29 is 24.2 Å². The van der Waals surface area contributed by atoms with Crippen LogP contribution in [0.1, 0.15) is 36.3 Å². The average molecular weight is 369 g/mol. The van der Waals surface area contributed by atoms with E-state index in [1.54, 1.807) is 31.3 Å². The van der Waals surface area contributed by atoms with Crippen LogP contribution < -0.4 is 5.43 Å². The van der Waals surface area contributed by atoms with Gasteiger partial charge in [-0.25, -0.2) is 0 Å². The molecular formula is C20H19NO6. The zero-order chi connectivity index (χ0) is 19.4. The van der Waals surface area contributed by atoms with E-state index in [-0.39, 0.29) is 24.5 Å². The molecule has 0 aliphatic rings. The zero-order valence-electron chi connectivity index (χ0n) is 14.7. The third kappa shape index (κ3) is 3.98. The first kappa shape index (κ1) is 18.6. The summed E-state index contributed by atoms with van der Waals surface area (Å²) in [6.45, 7) is 1.40. The Morgan fingerprint density at radius 1 is 1.30 bits per heavy atom. The number of carbonyl (C=O) groups is 1. The molecule has 27 heavy (non-hydrogen) atoms. The Bertz CT molecular complexity index is 1030. The highest BCUT2D eigenvalue weighted by Gasteiger charge is 2.27. The normalized spacial score (nSPS) is 12.1. The maximum absolute atomic E-state index is 12.1. The molecule has 0 fully saturated rings. The molecule has 7 nitrogen and oxygen atoms in total. The van der Waals surface area contributed by atoms with Crippen molar-refractivity contribution in [2.24, 2.45) is 0 Å². The number of fused-ring (bicyclic) bond motifs is 1. The Hall–Kier alpha value is -3.19. The molecule has 0 saturated carbocycles. The van der Waals surface area contributed by atoms with Crippen molar-refractivity contribution in [3.63, 3.8) is 0 Å². The van der Waals surface area contributed by atoms with E-state index in [1.807, 2.05) is 12.1 Å². The smallest absolute Gasteiger partial charge is 0.306 e. The van der Waals surface area contributed by atoms with Crippen LogP contribution >= 0.6 is 0 Å². The Kier molecular flexibility index (Phi) is 5.52. The minimum Gasteiger partial charge on any atom is -0.502 e. The summed E-state index contributed by atoms with van der Waals surface area (Å²) in [6.07, 6.45) is 1.54. The number of nitrogens with zero attached hydrogens (tertiary/aromatic N) is 1. The molecule has 2 N–H and O–H groups in total. The molecule has 1 aromatic carbocycles. The number of aromatic nitrogens is 1. The van der Waals surface area contributed by atoms with Gasteiger partial charge in [0.05, 0.1) is 24.5 Å². The highest BCUT2D eigenvalue weighted by Crippen LogP contribution is 2.34. The molecule has 2 aromatic heterocycles. The van der Waals surface area contributed by atoms with Crippen LogP contribution in [0.5, 0.6) is 5.75 Å². The van der Waals surface area contributed by atoms with Crippen molar-refractivity contribution in [3.05, 3.63) is 69.9 Å². The second-order valence-corrected chi connectivity index (χ2v) is 5.97. The van der Waals surface area contributed by atoms with Crippen molar-refractivity contribution in [2.75, 3.05) is 6.61 Å². The van der Waals surface area contributed by atoms with Crippen LogP contribution in [0.15, 0.2) is 51.8 Å². The fourth-order valence-corrected chi connectivity index (χ4v) is 2.93. The molecule has 2 heterocycles. The van der Waals surface area contributed by atoms with Crippen LogP contribution in [0.4, 0.5) is 0 Å². The monoisotopic (exact) mass is 369 g/mol. The quantitative estimate of drug-likeness (QED) is 0.642. The van der Waals surface area contributed by atoms with Gasteiger partial charge in [-0.05, 0) is 30.7 Å². The van der Waals surface area contributed by atoms with Crippen LogP contribution in [0.2, 0.25) is 0 Å². The first-order valence-corrected chi connectivity index (χ1v) is 8.50. The maximum Gasteiger partial charge on any atom is 0.306 e. The van der Waals surface area contributed by atoms with Crippen molar-refractivity contribution >= 4 is 16.9 Å². The predicted molar refractivity (Wildman–Crippen MR) is 97.4 cm³/mol. The highest BCUT2D eigenvalue weighted by molar-refractivity contribution is 5.80. The Labute approximate surface area is 154 Å². The fraction of sp³-hybridized carbons (Fsp3) is 0.250. The van der Waals surface area contributed by atoms with E-state index in [4.69, 9.17) is 9.15 Å². The minimum atomic E-state index is -0.757. The lowest BCUT2D eigenvalue weighted by Gasteiger charge is -2.18. The molecular weight excluding hydrogens is 350 g/mol. The largest absolute Gasteiger partial charge is 0.502 e. The first-order chi connectivity index (χ1) is 13.0. The molecule has 3 rings (SSSR count). The summed E-state index contributed by atoms with van der Waals surface area (Å²) in [7, 11) is 0. The number of ether oxygens (including phenoxy) is 1. The molecule has 0 bridgehead atoms. The van der Waals surface area contributed by atoms with Crippen LogP contribution in [0, 0.1) is 0 Å². The lowest BCUT2D eigenvalue weighted by Crippen LogP contribution is -2.15. The molecule has 0 radical (unpaired) electrons. The standard InChI is InChI=1S/C20H19NO6/c1-2-26-18(24)10-15(20-19(25)17(23)9-14(11-22)27-20)12-5-6-16-13(8-12)4-3-7-21-16/h3-9,15,22,25H,2,10-11H2,1H3. The summed E-state index contributed by atoms with van der Waals surface area (Å²) in [4.78, 5) is 28.4. The van der Waals surface area contributed by atoms with E-state index in [1.165, 1.54) is 0 Å². The molecule has 0 aliphatic carbocycles. The van der Waals surface area contributed by atoms with Crippen molar-refractivity contribution in [1.29, 1.82) is 0 Å². The molecule has 140 valence electrons. The summed E-state index contributed by atoms with van der Waals surface area (Å²) in [5.41, 5.74) is 0.736. The molecule has 0 aliphatic heterocycles. The third-order valence-electron chi connectivity index (χ3n) is 4.18. The van der Waals surface area contributed by atoms with Crippen LogP contribution in [-0.2, 0) is 16.1 Å². The number of aliphatic hydroxyl groups excluding tert-OH is 1. The molecule has 0 spiro atoms. The van der Waals surface area contributed by atoms with Gasteiger partial charge in [-0.2, -0.15) is 0 Å². The number of esters is 1. The zero-order valence-corrected chi connectivity index (χ0v) is 14.7. The highest BCUT2D eigenvalue weighted by atomic mass is 16.5. The second kappa shape index (κ2) is 8.01. The maximum atomic E-state index is 12.1. The van der Waals surface area contributed by atoms with Crippen molar-refractivity contribution in [1.82, 2.24) is 4.98 Å². The molecule has 0 saturated heterocycles. The van der Waals surface area contributed by atoms with E-state index in [0.717, 1.165) is 17.0 Å². The Morgan fingerprint density at radius 3 is 2.85 bits per heavy atom. The van der Waals surface area contributed by atoms with Gasteiger partial charge in [0.2, 0.25) is 11.2 Å². The number of rotatable bonds is 6. The van der Waals surface area contributed by atoms with E-state index < -0.39 is 29.7 Å². The van der Waals surface area contributed by atoms with Gasteiger partial charge in [0.1, 0.15) is 12.4 Å². The Morgan fingerprint density at radius 2 is 2.11 bits per heavy atom. The van der Waals surface area contributed by atoms with E-state index in [2.05, 4.69) is 4.98 Å². The van der Waals surface area contributed by atoms with Crippen LogP contribution in [-0.4, -0.2) is 27.8 Å². The van der Waals surface area contributed by atoms with E-state index in [0.29, 0.717) is 5.56 Å².